The van der Waals surface area contributed by atoms with Gasteiger partial charge in [0.15, 0.2) is 5.82 Å². The highest BCUT2D eigenvalue weighted by Gasteiger charge is 2.40. The Hall–Kier alpha value is -3.20. The summed E-state index contributed by atoms with van der Waals surface area (Å²) in [7, 11) is 0. The van der Waals surface area contributed by atoms with E-state index in [1.807, 2.05) is 19.1 Å². The van der Waals surface area contributed by atoms with Crippen molar-refractivity contribution in [2.24, 2.45) is 0 Å². The summed E-state index contributed by atoms with van der Waals surface area (Å²) in [4.78, 5) is 16.2. The Balaban J connectivity index is 1.47. The number of nitrogens with one attached hydrogen (secondary N) is 3. The van der Waals surface area contributed by atoms with Gasteiger partial charge in [0.1, 0.15) is 17.5 Å². The molecule has 4 aromatic heterocycles. The van der Waals surface area contributed by atoms with E-state index < -0.39 is 6.17 Å². The van der Waals surface area contributed by atoms with Crippen LogP contribution in [0, 0.1) is 0 Å². The van der Waals surface area contributed by atoms with Crippen molar-refractivity contribution in [2.45, 2.75) is 31.4 Å². The average molecular weight is 413 g/mol. The second-order valence-corrected chi connectivity index (χ2v) is 7.62. The minimum Gasteiger partial charge on any atom is -0.368 e. The van der Waals surface area contributed by atoms with Gasteiger partial charge in [0.05, 0.1) is 10.5 Å². The first-order chi connectivity index (χ1) is 14.0. The van der Waals surface area contributed by atoms with Gasteiger partial charge in [0, 0.05) is 47.2 Å². The van der Waals surface area contributed by atoms with Crippen molar-refractivity contribution >= 4 is 40.2 Å². The van der Waals surface area contributed by atoms with Crippen LogP contribution in [0.2, 0.25) is 5.02 Å². The topological polar surface area (TPSA) is 121 Å². The summed E-state index contributed by atoms with van der Waals surface area (Å²) in [6.45, 7) is 2.00. The average Bonchev–Trinajstić information content (AvgIpc) is 3.10. The molecular weight excluding hydrogens is 395 g/mol. The predicted molar refractivity (Wildman–Crippen MR) is 109 cm³/mol. The van der Waals surface area contributed by atoms with Crippen molar-refractivity contribution in [2.75, 3.05) is 11.1 Å². The van der Waals surface area contributed by atoms with Gasteiger partial charge in [-0.3, -0.25) is 5.10 Å². The van der Waals surface area contributed by atoms with Gasteiger partial charge in [-0.1, -0.05) is 18.5 Å². The molecule has 1 fully saturated rings. The van der Waals surface area contributed by atoms with E-state index in [-0.39, 0.29) is 17.8 Å². The van der Waals surface area contributed by atoms with E-state index in [0.717, 1.165) is 22.5 Å². The fraction of sp³-hybridized carbons (Fsp3) is 0.263. The minimum absolute atomic E-state index is 0.103. The van der Waals surface area contributed by atoms with Crippen LogP contribution >= 0.6 is 11.6 Å². The molecule has 5 N–H and O–H groups in total. The molecule has 0 bridgehead atoms. The summed E-state index contributed by atoms with van der Waals surface area (Å²) in [5, 5.41) is 10.8. The van der Waals surface area contributed by atoms with Gasteiger partial charge in [-0.15, -0.1) is 0 Å². The number of H-pyrrole nitrogens is 2. The number of pyridine rings is 1. The minimum atomic E-state index is -0.796. The van der Waals surface area contributed by atoms with Crippen LogP contribution in [-0.2, 0) is 0 Å². The summed E-state index contributed by atoms with van der Waals surface area (Å²) in [6, 6.07) is 5.66. The number of rotatable bonds is 5. The molecule has 1 saturated carbocycles. The van der Waals surface area contributed by atoms with Crippen LogP contribution in [-0.4, -0.2) is 36.3 Å². The molecule has 5 rings (SSSR count). The molecule has 10 heteroatoms. The molecule has 0 aromatic carbocycles. The molecule has 0 saturated heterocycles. The van der Waals surface area contributed by atoms with Crippen LogP contribution in [0.25, 0.3) is 11.0 Å². The normalized spacial score (nSPS) is 19.4. The highest BCUT2D eigenvalue weighted by Crippen LogP contribution is 2.43. The van der Waals surface area contributed by atoms with Crippen LogP contribution < -0.4 is 11.1 Å². The Morgan fingerprint density at radius 1 is 1.34 bits per heavy atom. The molecule has 4 aromatic rings. The number of aromatic amines is 2. The Kier molecular flexibility index (Phi) is 4.13. The van der Waals surface area contributed by atoms with Crippen molar-refractivity contribution in [1.29, 1.82) is 0 Å². The third kappa shape index (κ3) is 3.27. The fourth-order valence-corrected chi connectivity index (χ4v) is 3.60. The first-order valence-electron chi connectivity index (χ1n) is 9.22. The molecule has 0 amide bonds. The maximum atomic E-state index is 13.3. The number of halogens is 2. The summed E-state index contributed by atoms with van der Waals surface area (Å²) < 4.78 is 13.3. The van der Waals surface area contributed by atoms with Crippen LogP contribution in [0.3, 0.4) is 0 Å². The maximum absolute atomic E-state index is 13.3. The third-order valence-corrected chi connectivity index (χ3v) is 5.49. The molecule has 0 spiro atoms. The zero-order valence-electron chi connectivity index (χ0n) is 15.4. The lowest BCUT2D eigenvalue weighted by atomic mass is 9.98. The summed E-state index contributed by atoms with van der Waals surface area (Å²) in [6.07, 6.45) is 3.12. The number of nitrogens with zero attached hydrogens (tertiary/aromatic N) is 4. The highest BCUT2D eigenvalue weighted by molar-refractivity contribution is 6.35. The van der Waals surface area contributed by atoms with Gasteiger partial charge in [0.2, 0.25) is 5.95 Å². The molecule has 148 valence electrons. The largest absolute Gasteiger partial charge is 0.368 e. The third-order valence-electron chi connectivity index (χ3n) is 5.20. The van der Waals surface area contributed by atoms with E-state index in [9.17, 15) is 4.39 Å². The quantitative estimate of drug-likeness (QED) is 0.392. The summed E-state index contributed by atoms with van der Waals surface area (Å²) >= 11 is 6.21. The van der Waals surface area contributed by atoms with Gasteiger partial charge >= 0.3 is 0 Å². The number of hydrogen-bond donors (Lipinski definition) is 4. The summed E-state index contributed by atoms with van der Waals surface area (Å²) in [5.74, 6) is 0.974. The van der Waals surface area contributed by atoms with Crippen molar-refractivity contribution in [1.82, 2.24) is 30.1 Å². The second kappa shape index (κ2) is 6.70. The monoisotopic (exact) mass is 412 g/mol. The number of alkyl halides is 1. The van der Waals surface area contributed by atoms with Crippen LogP contribution in [0.15, 0.2) is 30.6 Å². The number of aromatic nitrogens is 6. The van der Waals surface area contributed by atoms with Crippen molar-refractivity contribution in [3.63, 3.8) is 0 Å². The Bertz CT molecular complexity index is 1200. The van der Waals surface area contributed by atoms with Crippen LogP contribution in [0.1, 0.15) is 42.1 Å². The van der Waals surface area contributed by atoms with Gasteiger partial charge in [-0.25, -0.2) is 14.4 Å². The first-order valence-corrected chi connectivity index (χ1v) is 9.59. The molecule has 1 aliphatic carbocycles. The SMILES string of the molecule is C[C@H](c1ccc2[nH]cc(Cl)c2n1)c1cnc(N)nc1Nc1cc([C@H]2C[C@@H]2F)[nH]n1. The first kappa shape index (κ1) is 17.9. The summed E-state index contributed by atoms with van der Waals surface area (Å²) in [5.41, 5.74) is 9.77. The predicted octanol–water partition coefficient (Wildman–Crippen LogP) is 4.03. The lowest BCUT2D eigenvalue weighted by molar-refractivity contribution is 0.466. The number of anilines is 3. The number of fused-ring (bicyclic) bond motifs is 1. The smallest absolute Gasteiger partial charge is 0.221 e. The van der Waals surface area contributed by atoms with E-state index in [0.29, 0.717) is 28.6 Å². The Morgan fingerprint density at radius 3 is 2.97 bits per heavy atom. The van der Waals surface area contributed by atoms with E-state index >= 15 is 0 Å². The fourth-order valence-electron chi connectivity index (χ4n) is 3.40. The van der Waals surface area contributed by atoms with E-state index in [1.54, 1.807) is 18.5 Å². The standard InChI is InChI=1S/C19H18ClFN8/c1-8(13-2-3-14-17(25-13)11(20)7-23-14)10-6-24-19(22)27-18(10)26-16-5-15(28-29-16)9-4-12(9)21/h2-3,5-9,12,23H,4H2,1H3,(H4,22,24,26,27,28,29)/t8-,9-,12-/m0/s1. The van der Waals surface area contributed by atoms with Gasteiger partial charge < -0.3 is 16.0 Å². The number of nitrogen functional groups attached to an aromatic ring is 1. The molecule has 8 nitrogen and oxygen atoms in total. The van der Waals surface area contributed by atoms with Crippen LogP contribution in [0.4, 0.5) is 22.0 Å². The number of hydrogen-bond acceptors (Lipinski definition) is 6. The molecule has 0 radical (unpaired) electrons. The van der Waals surface area contributed by atoms with E-state index in [2.05, 4.69) is 35.5 Å². The molecule has 1 aliphatic rings. The van der Waals surface area contributed by atoms with Gasteiger partial charge in [-0.05, 0) is 18.6 Å². The Morgan fingerprint density at radius 2 is 2.17 bits per heavy atom. The molecule has 0 aliphatic heterocycles. The zero-order chi connectivity index (χ0) is 20.1. The molecule has 0 unspecified atom stereocenters. The Labute approximate surface area is 170 Å². The second-order valence-electron chi connectivity index (χ2n) is 7.21. The van der Waals surface area contributed by atoms with E-state index in [4.69, 9.17) is 17.3 Å². The molecular formula is C19H18ClFN8. The lowest BCUT2D eigenvalue weighted by Crippen LogP contribution is -2.08. The molecule has 29 heavy (non-hydrogen) atoms. The molecule has 4 heterocycles. The van der Waals surface area contributed by atoms with Crippen LogP contribution in [0.5, 0.6) is 0 Å². The van der Waals surface area contributed by atoms with Crippen molar-refractivity contribution in [3.05, 3.63) is 52.6 Å². The lowest BCUT2D eigenvalue weighted by Gasteiger charge is -2.16. The van der Waals surface area contributed by atoms with Gasteiger partial charge in [0.25, 0.3) is 0 Å². The van der Waals surface area contributed by atoms with Gasteiger partial charge in [-0.2, -0.15) is 10.1 Å². The van der Waals surface area contributed by atoms with E-state index in [1.165, 1.54) is 0 Å². The van der Waals surface area contributed by atoms with Crippen molar-refractivity contribution < 1.29 is 4.39 Å². The zero-order valence-corrected chi connectivity index (χ0v) is 16.2. The number of nitrogens with two attached hydrogens (primary N) is 1. The maximum Gasteiger partial charge on any atom is 0.221 e. The highest BCUT2D eigenvalue weighted by atomic mass is 35.5. The van der Waals surface area contributed by atoms with Crippen molar-refractivity contribution in [3.8, 4) is 0 Å². The molecule has 3 atom stereocenters.